The molecule has 8 aromatic heterocycles. The number of nitrogens with zero attached hydrogens (tertiary/aromatic N) is 16. The second kappa shape index (κ2) is 24.5. The number of rotatable bonds is 23. The van der Waals surface area contributed by atoms with Crippen molar-refractivity contribution in [2.45, 2.75) is 98.2 Å². The molecule has 19 atom stereocenters. The topological polar surface area (TPSA) is 651 Å². The van der Waals surface area contributed by atoms with Gasteiger partial charge in [-0.15, -0.1) is 0 Å². The molecule has 49 heteroatoms. The fourth-order valence-electron chi connectivity index (χ4n) is 10.3. The number of phosphoric ester groups is 3. The highest BCUT2D eigenvalue weighted by atomic mass is 31.2. The SMILES string of the molecule is Nc1ncnc2c1ncn2[C@@H]1O[C@H](COP(=O)(O)CO[C@@H]2[C@H](O)[C@@H](COP(=O)(O)O[C@@H]3[C@H](O)[C@@H](COP(=O)(O)O[C@@H]4[C@H](O)[C@@H](COP(=O)(O)O)O[C@H]4n4cnc5c(N)ncnc54)O[C@H]3n3cnc4c(N)ncnc43)O[C@H]2n2cnc3c(N)ncnc32)[C@@H](O)[C@H]1O. The molecule has 0 bridgehead atoms. The highest BCUT2D eigenvalue weighted by Gasteiger charge is 2.55. The molecular formula is C41H52N20O25P4. The smallest absolute Gasteiger partial charge is 0.387 e. The van der Waals surface area contributed by atoms with Crippen LogP contribution in [0.1, 0.15) is 24.9 Å². The first-order valence-corrected chi connectivity index (χ1v) is 32.3. The van der Waals surface area contributed by atoms with Crippen molar-refractivity contribution in [2.75, 3.05) is 55.7 Å². The number of nitrogens with two attached hydrogens (primary N) is 4. The van der Waals surface area contributed by atoms with E-state index in [1.54, 1.807) is 0 Å². The number of hydrogen-bond donors (Lipinski definition) is 14. The number of anilines is 4. The van der Waals surface area contributed by atoms with E-state index in [0.717, 1.165) is 53.4 Å². The Kier molecular flexibility index (Phi) is 17.3. The van der Waals surface area contributed by atoms with E-state index in [1.165, 1.54) is 15.5 Å². The lowest BCUT2D eigenvalue weighted by Crippen LogP contribution is -2.37. The normalized spacial score (nSPS) is 31.1. The van der Waals surface area contributed by atoms with Crippen LogP contribution in [0, 0.1) is 0 Å². The molecule has 18 N–H and O–H groups in total. The molecule has 4 fully saturated rings. The van der Waals surface area contributed by atoms with Crippen LogP contribution in [0.15, 0.2) is 50.6 Å². The summed E-state index contributed by atoms with van der Waals surface area (Å²) in [6.07, 6.45) is -20.3. The van der Waals surface area contributed by atoms with Crippen LogP contribution >= 0.6 is 31.1 Å². The van der Waals surface area contributed by atoms with Crippen LogP contribution in [0.2, 0.25) is 0 Å². The number of aliphatic hydroxyl groups is 5. The lowest BCUT2D eigenvalue weighted by molar-refractivity contribution is -0.0692. The van der Waals surface area contributed by atoms with Crippen LogP contribution in [-0.2, 0) is 69.1 Å². The van der Waals surface area contributed by atoms with Crippen LogP contribution in [-0.4, -0.2) is 234 Å². The number of hydrogen-bond acceptors (Lipinski definition) is 36. The molecule has 45 nitrogen and oxygen atoms in total. The molecule has 486 valence electrons. The zero-order valence-electron chi connectivity index (χ0n) is 45.2. The average molecular weight is 1350 g/mol. The Bertz CT molecular complexity index is 4170. The Morgan fingerprint density at radius 1 is 0.400 bits per heavy atom. The predicted molar refractivity (Wildman–Crippen MR) is 289 cm³/mol. The zero-order chi connectivity index (χ0) is 63.9. The second-order valence-electron chi connectivity index (χ2n) is 20.2. The van der Waals surface area contributed by atoms with Crippen LogP contribution in [0.25, 0.3) is 44.7 Å². The fraction of sp³-hybridized carbons (Fsp3) is 0.512. The quantitative estimate of drug-likeness (QED) is 0.0270. The van der Waals surface area contributed by atoms with Gasteiger partial charge in [-0.05, 0) is 0 Å². The minimum absolute atomic E-state index is 0.00318. The first-order chi connectivity index (χ1) is 42.7. The lowest BCUT2D eigenvalue weighted by atomic mass is 10.1. The molecule has 4 aliphatic heterocycles. The number of ether oxygens (including phenoxy) is 5. The van der Waals surface area contributed by atoms with Crippen LogP contribution in [0.5, 0.6) is 0 Å². The summed E-state index contributed by atoms with van der Waals surface area (Å²) in [4.78, 5) is 101. The van der Waals surface area contributed by atoms with Crippen molar-refractivity contribution in [1.82, 2.24) is 78.1 Å². The predicted octanol–water partition coefficient (Wildman–Crippen LogP) is -4.27. The van der Waals surface area contributed by atoms with E-state index >= 15 is 0 Å². The van der Waals surface area contributed by atoms with E-state index in [-0.39, 0.29) is 67.9 Å². The lowest BCUT2D eigenvalue weighted by Gasteiger charge is -2.25. The van der Waals surface area contributed by atoms with Crippen LogP contribution in [0.4, 0.5) is 23.3 Å². The molecule has 12 rings (SSSR count). The van der Waals surface area contributed by atoms with Gasteiger partial charge >= 0.3 is 31.1 Å². The van der Waals surface area contributed by atoms with Gasteiger partial charge in [0, 0.05) is 0 Å². The Morgan fingerprint density at radius 2 is 0.711 bits per heavy atom. The maximum absolute atomic E-state index is 14.1. The van der Waals surface area contributed by atoms with E-state index in [4.69, 9.17) is 69.2 Å². The van der Waals surface area contributed by atoms with Crippen LogP contribution in [0.3, 0.4) is 0 Å². The van der Waals surface area contributed by atoms with Crippen molar-refractivity contribution in [2.24, 2.45) is 0 Å². The van der Waals surface area contributed by atoms with Crippen molar-refractivity contribution in [3.05, 3.63) is 50.6 Å². The molecule has 90 heavy (non-hydrogen) atoms. The number of fused-ring (bicyclic) bond motifs is 4. The molecule has 4 aliphatic rings. The molecular weight excluding hydrogens is 1300 g/mol. The summed E-state index contributed by atoms with van der Waals surface area (Å²) in [6, 6.07) is 0. The summed E-state index contributed by atoms with van der Waals surface area (Å²) >= 11 is 0. The summed E-state index contributed by atoms with van der Waals surface area (Å²) in [7, 11) is -21.2. The Balaban J connectivity index is 0.738. The largest absolute Gasteiger partial charge is 0.472 e. The van der Waals surface area contributed by atoms with E-state index in [1.807, 2.05) is 0 Å². The van der Waals surface area contributed by atoms with Crippen molar-refractivity contribution in [3.63, 3.8) is 0 Å². The second-order valence-corrected chi connectivity index (χ2v) is 26.0. The Morgan fingerprint density at radius 3 is 1.09 bits per heavy atom. The molecule has 0 amide bonds. The number of phosphoric acid groups is 3. The third-order valence-electron chi connectivity index (χ3n) is 14.5. The van der Waals surface area contributed by atoms with Gasteiger partial charge in [0.05, 0.1) is 51.7 Å². The Labute approximate surface area is 499 Å². The van der Waals surface area contributed by atoms with Crippen molar-refractivity contribution in [3.8, 4) is 0 Å². The van der Waals surface area contributed by atoms with Crippen LogP contribution < -0.4 is 22.9 Å². The molecule has 3 unspecified atom stereocenters. The molecule has 8 aromatic rings. The number of nitrogen functional groups attached to an aromatic ring is 4. The van der Waals surface area contributed by atoms with Gasteiger partial charge in [-0.3, -0.25) is 45.5 Å². The standard InChI is InChI=1S/C41H52N20O25P4/c42-30-18-34(50-5-46-30)58(9-54-18)38-26(66)22(62)14(81-38)1-77-87(67,68)13-76-27-23(63)16(82-39(27)59-10-55-19-31(43)47-6-51-35(19)59)3-79-89(72,73)86-29-25(65)17(84-41(29)61-12-57-21-33(45)49-8-53-37(21)61)4-80-90(74,75)85-28-24(64)15(2-78-88(69,70)71)83-40(28)60-11-56-20-32(44)48-7-52-36(20)60/h5-12,14-17,22-29,38-41,62-66H,1-4,13H2,(H,67,68)(H,72,73)(H,74,75)(H2,42,46,50)(H2,43,47,51)(H2,44,48,52)(H2,45,49,53)(H2,69,70,71)/t14-,15-,16-,17-,22-,23-,24-,25-,26-,27-,28-,29-,38-,39-,40-,41-/m1/s1. The van der Waals surface area contributed by atoms with Crippen molar-refractivity contribution >= 4 is 99.0 Å². The minimum atomic E-state index is -5.58. The maximum atomic E-state index is 14.1. The summed E-state index contributed by atoms with van der Waals surface area (Å²) in [5.41, 5.74) is 24.0. The molecule has 0 aliphatic carbocycles. The third-order valence-corrected chi connectivity index (χ3v) is 18.0. The van der Waals surface area contributed by atoms with E-state index in [2.05, 4.69) is 64.3 Å². The highest BCUT2D eigenvalue weighted by Crippen LogP contribution is 2.54. The molecule has 0 spiro atoms. The van der Waals surface area contributed by atoms with Gasteiger partial charge in [0.1, 0.15) is 127 Å². The Hall–Kier alpha value is -6.52. The highest BCUT2D eigenvalue weighted by molar-refractivity contribution is 7.52. The van der Waals surface area contributed by atoms with E-state index < -0.39 is 162 Å². The minimum Gasteiger partial charge on any atom is -0.387 e. The zero-order valence-corrected chi connectivity index (χ0v) is 48.8. The van der Waals surface area contributed by atoms with Gasteiger partial charge < -0.3 is 101 Å². The van der Waals surface area contributed by atoms with Gasteiger partial charge in [-0.1, -0.05) is 0 Å². The molecule has 0 aromatic carbocycles. The monoisotopic (exact) mass is 1350 g/mol. The van der Waals surface area contributed by atoms with Gasteiger partial charge in [-0.25, -0.2) is 73.5 Å². The van der Waals surface area contributed by atoms with E-state index in [9.17, 15) is 68.3 Å². The summed E-state index contributed by atoms with van der Waals surface area (Å²) in [5.74, 6) is -0.316. The summed E-state index contributed by atoms with van der Waals surface area (Å²) in [5, 5.41) is 56.7. The van der Waals surface area contributed by atoms with E-state index in [0.29, 0.717) is 0 Å². The molecule has 0 radical (unpaired) electrons. The molecule has 0 saturated carbocycles. The summed E-state index contributed by atoms with van der Waals surface area (Å²) < 4.78 is 119. The molecule has 4 saturated heterocycles. The summed E-state index contributed by atoms with van der Waals surface area (Å²) in [6.45, 7) is -3.95. The first kappa shape index (κ1) is 63.6. The van der Waals surface area contributed by atoms with Crippen molar-refractivity contribution in [1.29, 1.82) is 0 Å². The number of aromatic nitrogens is 16. The van der Waals surface area contributed by atoms with Gasteiger partial charge in [0.15, 0.2) is 70.8 Å². The third kappa shape index (κ3) is 12.5. The fourth-order valence-corrected chi connectivity index (χ4v) is 13.3. The first-order valence-electron chi connectivity index (χ1n) is 26.0. The maximum Gasteiger partial charge on any atom is 0.472 e. The molecule has 12 heterocycles. The van der Waals surface area contributed by atoms with Gasteiger partial charge in [0.2, 0.25) is 0 Å². The van der Waals surface area contributed by atoms with Gasteiger partial charge in [0.25, 0.3) is 0 Å². The number of aliphatic hydroxyl groups excluding tert-OH is 5. The van der Waals surface area contributed by atoms with Gasteiger partial charge in [-0.2, -0.15) is 0 Å². The van der Waals surface area contributed by atoms with Crippen molar-refractivity contribution < 1.29 is 119 Å². The average Bonchev–Trinajstić information content (AvgIpc) is 1.65. The number of imidazole rings is 4.